The maximum absolute atomic E-state index is 6.15. The number of hydrogen-bond acceptors (Lipinski definition) is 5. The van der Waals surface area contributed by atoms with Gasteiger partial charge in [0.2, 0.25) is 0 Å². The quantitative estimate of drug-likeness (QED) is 0.585. The highest BCUT2D eigenvalue weighted by molar-refractivity contribution is 7.13. The van der Waals surface area contributed by atoms with Gasteiger partial charge in [0.25, 0.3) is 0 Å². The zero-order valence-corrected chi connectivity index (χ0v) is 17.5. The molecule has 2 N–H and O–H groups in total. The van der Waals surface area contributed by atoms with E-state index in [0.29, 0.717) is 0 Å². The third-order valence-corrected chi connectivity index (χ3v) is 5.55. The minimum Gasteiger partial charge on any atom is -0.496 e. The van der Waals surface area contributed by atoms with Crippen LogP contribution in [0.25, 0.3) is 10.6 Å². The number of nitrogen functional groups attached to an aromatic ring is 1. The lowest BCUT2D eigenvalue weighted by Gasteiger charge is -2.31. The van der Waals surface area contributed by atoms with Crippen LogP contribution >= 0.6 is 36.2 Å². The Morgan fingerprint density at radius 2 is 1.96 bits per heavy atom. The fraction of sp³-hybridized carbons (Fsp3) is 0.250. The third-order valence-electron chi connectivity index (χ3n) is 4.63. The predicted molar refractivity (Wildman–Crippen MR) is 119 cm³/mol. The van der Waals surface area contributed by atoms with Crippen LogP contribution in [-0.2, 0) is 13.0 Å². The van der Waals surface area contributed by atoms with Crippen molar-refractivity contribution in [1.82, 2.24) is 4.98 Å². The normalized spacial score (nSPS) is 12.6. The average molecular weight is 424 g/mol. The van der Waals surface area contributed by atoms with Gasteiger partial charge < -0.3 is 15.4 Å². The summed E-state index contributed by atoms with van der Waals surface area (Å²) in [7, 11) is 1.70. The number of halogens is 2. The number of anilines is 2. The van der Waals surface area contributed by atoms with E-state index in [1.807, 2.05) is 30.3 Å². The largest absolute Gasteiger partial charge is 0.496 e. The van der Waals surface area contributed by atoms with E-state index >= 15 is 0 Å². The molecule has 2 heterocycles. The number of methoxy groups -OCH3 is 1. The first-order chi connectivity index (χ1) is 12.3. The Morgan fingerprint density at radius 1 is 1.15 bits per heavy atom. The smallest absolute Gasteiger partial charge is 0.129 e. The summed E-state index contributed by atoms with van der Waals surface area (Å²) in [5.74, 6) is 0.861. The molecule has 1 aromatic heterocycles. The van der Waals surface area contributed by atoms with Crippen molar-refractivity contribution in [3.8, 4) is 16.3 Å². The van der Waals surface area contributed by atoms with Crippen molar-refractivity contribution in [3.05, 3.63) is 59.1 Å². The Bertz CT molecular complexity index is 900. The van der Waals surface area contributed by atoms with Crippen LogP contribution in [-0.4, -0.2) is 18.6 Å². The summed E-state index contributed by atoms with van der Waals surface area (Å²) in [6, 6.07) is 14.2. The topological polar surface area (TPSA) is 51.4 Å². The number of hydrogen-bond donors (Lipinski definition) is 1. The number of rotatable bonds is 4. The van der Waals surface area contributed by atoms with Crippen molar-refractivity contribution in [3.63, 3.8) is 0 Å². The Morgan fingerprint density at radius 3 is 2.78 bits per heavy atom. The third kappa shape index (κ3) is 4.32. The maximum Gasteiger partial charge on any atom is 0.129 e. The minimum absolute atomic E-state index is 0. The molecule has 0 fully saturated rings. The van der Waals surface area contributed by atoms with Crippen LogP contribution in [0.4, 0.5) is 11.4 Å². The highest BCUT2D eigenvalue weighted by Gasteiger charge is 2.20. The predicted octanol–water partition coefficient (Wildman–Crippen LogP) is 5.20. The summed E-state index contributed by atoms with van der Waals surface area (Å²) in [6.07, 6.45) is 2.19. The first-order valence-electron chi connectivity index (χ1n) is 8.46. The number of benzene rings is 2. The molecule has 4 rings (SSSR count). The van der Waals surface area contributed by atoms with Crippen LogP contribution in [0.3, 0.4) is 0 Å². The SMILES string of the molecule is COc1ccccc1-c1nc(CN2CCCc3c(N)cccc32)cs1.Cl.Cl. The zero-order chi connectivity index (χ0) is 17.2. The molecule has 0 bridgehead atoms. The average Bonchev–Trinajstić information content (AvgIpc) is 3.11. The molecule has 0 radical (unpaired) electrons. The van der Waals surface area contributed by atoms with Crippen molar-refractivity contribution >= 4 is 47.5 Å². The lowest BCUT2D eigenvalue weighted by atomic mass is 10.00. The maximum atomic E-state index is 6.15. The first-order valence-corrected chi connectivity index (χ1v) is 9.34. The standard InChI is InChI=1S/C20H21N3OS.2ClH/c1-24-19-10-3-2-6-16(19)20-22-14(13-25-20)12-23-11-5-7-15-17(21)8-4-9-18(15)23;;/h2-4,6,8-10,13H,5,7,11-12,21H2,1H3;2*1H. The molecule has 1 aliphatic heterocycles. The van der Waals surface area contributed by atoms with Crippen LogP contribution < -0.4 is 15.4 Å². The molecule has 2 aromatic carbocycles. The fourth-order valence-electron chi connectivity index (χ4n) is 3.41. The molecule has 0 atom stereocenters. The van der Waals surface area contributed by atoms with E-state index in [-0.39, 0.29) is 24.8 Å². The second-order valence-electron chi connectivity index (χ2n) is 6.21. The Labute approximate surface area is 176 Å². The number of fused-ring (bicyclic) bond motifs is 1. The van der Waals surface area contributed by atoms with E-state index in [1.54, 1.807) is 18.4 Å². The number of thiazole rings is 1. The minimum atomic E-state index is 0. The molecule has 27 heavy (non-hydrogen) atoms. The highest BCUT2D eigenvalue weighted by atomic mass is 35.5. The van der Waals surface area contributed by atoms with Gasteiger partial charge in [-0.2, -0.15) is 0 Å². The molecular weight excluding hydrogens is 401 g/mol. The summed E-state index contributed by atoms with van der Waals surface area (Å²) in [5, 5.41) is 3.14. The van der Waals surface area contributed by atoms with Crippen molar-refractivity contribution in [1.29, 1.82) is 0 Å². The van der Waals surface area contributed by atoms with Gasteiger partial charge in [-0.15, -0.1) is 36.2 Å². The number of nitrogens with two attached hydrogens (primary N) is 1. The molecule has 7 heteroatoms. The van der Waals surface area contributed by atoms with E-state index in [1.165, 1.54) is 11.3 Å². The molecular formula is C20H23Cl2N3OS. The van der Waals surface area contributed by atoms with E-state index in [4.69, 9.17) is 15.5 Å². The zero-order valence-electron chi connectivity index (χ0n) is 15.1. The summed E-state index contributed by atoms with van der Waals surface area (Å²) in [5.41, 5.74) is 11.7. The van der Waals surface area contributed by atoms with Crippen molar-refractivity contribution in [2.75, 3.05) is 24.3 Å². The molecule has 0 amide bonds. The highest BCUT2D eigenvalue weighted by Crippen LogP contribution is 2.34. The van der Waals surface area contributed by atoms with Crippen molar-refractivity contribution in [2.45, 2.75) is 19.4 Å². The summed E-state index contributed by atoms with van der Waals surface area (Å²) < 4.78 is 5.46. The second kappa shape index (κ2) is 9.31. The van der Waals surface area contributed by atoms with Gasteiger partial charge in [0, 0.05) is 23.3 Å². The molecule has 0 aliphatic carbocycles. The van der Waals surface area contributed by atoms with Crippen LogP contribution in [0.2, 0.25) is 0 Å². The number of aromatic nitrogens is 1. The lowest BCUT2D eigenvalue weighted by molar-refractivity contribution is 0.416. The molecule has 0 spiro atoms. The second-order valence-corrected chi connectivity index (χ2v) is 7.07. The molecule has 1 aliphatic rings. The van der Waals surface area contributed by atoms with E-state index in [0.717, 1.165) is 53.6 Å². The van der Waals surface area contributed by atoms with Crippen molar-refractivity contribution in [2.24, 2.45) is 0 Å². The van der Waals surface area contributed by atoms with Crippen LogP contribution in [0.5, 0.6) is 5.75 Å². The van der Waals surface area contributed by atoms with Crippen LogP contribution in [0.15, 0.2) is 47.8 Å². The van der Waals surface area contributed by atoms with Gasteiger partial charge in [0.1, 0.15) is 10.8 Å². The van der Waals surface area contributed by atoms with E-state index in [9.17, 15) is 0 Å². The fourth-order valence-corrected chi connectivity index (χ4v) is 4.25. The van der Waals surface area contributed by atoms with Crippen LogP contribution in [0.1, 0.15) is 17.7 Å². The molecule has 0 saturated carbocycles. The summed E-state index contributed by atoms with van der Waals surface area (Å²) in [4.78, 5) is 7.23. The van der Waals surface area contributed by atoms with Gasteiger partial charge in [-0.1, -0.05) is 18.2 Å². The molecule has 3 aromatic rings. The molecule has 144 valence electrons. The van der Waals surface area contributed by atoms with Gasteiger partial charge in [0.15, 0.2) is 0 Å². The van der Waals surface area contributed by atoms with Gasteiger partial charge >= 0.3 is 0 Å². The van der Waals surface area contributed by atoms with Crippen LogP contribution in [0, 0.1) is 0 Å². The first kappa shape index (κ1) is 21.4. The monoisotopic (exact) mass is 423 g/mol. The Hall–Kier alpha value is -1.95. The lowest BCUT2D eigenvalue weighted by Crippen LogP contribution is -2.29. The van der Waals surface area contributed by atoms with E-state index in [2.05, 4.69) is 22.4 Å². The Kier molecular flexibility index (Phi) is 7.36. The molecule has 0 saturated heterocycles. The number of para-hydroxylation sites is 1. The van der Waals surface area contributed by atoms with E-state index < -0.39 is 0 Å². The number of ether oxygens (including phenoxy) is 1. The summed E-state index contributed by atoms with van der Waals surface area (Å²) >= 11 is 1.66. The summed E-state index contributed by atoms with van der Waals surface area (Å²) in [6.45, 7) is 1.85. The van der Waals surface area contributed by atoms with Gasteiger partial charge in [0.05, 0.1) is 24.9 Å². The van der Waals surface area contributed by atoms with Crippen molar-refractivity contribution < 1.29 is 4.74 Å². The molecule has 4 nitrogen and oxygen atoms in total. The Balaban J connectivity index is 0.00000131. The van der Waals surface area contributed by atoms with Gasteiger partial charge in [-0.05, 0) is 42.7 Å². The van der Waals surface area contributed by atoms with Gasteiger partial charge in [-0.25, -0.2) is 4.98 Å². The number of nitrogens with zero attached hydrogens (tertiary/aromatic N) is 2. The molecule has 0 unspecified atom stereocenters. The van der Waals surface area contributed by atoms with Gasteiger partial charge in [-0.3, -0.25) is 0 Å².